The van der Waals surface area contributed by atoms with Gasteiger partial charge in [0.15, 0.2) is 0 Å². The fourth-order valence-electron chi connectivity index (χ4n) is 5.07. The van der Waals surface area contributed by atoms with Gasteiger partial charge in [0, 0.05) is 44.5 Å². The van der Waals surface area contributed by atoms with Crippen molar-refractivity contribution >= 4 is 6.03 Å². The summed E-state index contributed by atoms with van der Waals surface area (Å²) >= 11 is 0. The normalized spacial score (nSPS) is 27.9. The SMILES string of the molecule is Cc1cn2c(n1)[C@H](CNC(=O)N[C@H]1CCCC13CCOCC3)CCC2. The molecule has 2 atom stereocenters. The average Bonchev–Trinajstić information content (AvgIpc) is 3.17. The summed E-state index contributed by atoms with van der Waals surface area (Å²) in [4.78, 5) is 17.2. The van der Waals surface area contributed by atoms with E-state index in [1.165, 1.54) is 12.8 Å². The van der Waals surface area contributed by atoms with Crippen LogP contribution in [0, 0.1) is 12.3 Å². The maximum absolute atomic E-state index is 12.5. The maximum Gasteiger partial charge on any atom is 0.315 e. The van der Waals surface area contributed by atoms with Crippen LogP contribution in [0.25, 0.3) is 0 Å². The van der Waals surface area contributed by atoms with Crippen LogP contribution in [0.3, 0.4) is 0 Å². The lowest BCUT2D eigenvalue weighted by atomic mass is 9.75. The molecule has 3 heterocycles. The largest absolute Gasteiger partial charge is 0.381 e. The zero-order valence-electron chi connectivity index (χ0n) is 15.2. The first-order valence-electron chi connectivity index (χ1n) is 9.82. The molecule has 0 unspecified atom stereocenters. The Morgan fingerprint density at radius 2 is 2.16 bits per heavy atom. The lowest BCUT2D eigenvalue weighted by Gasteiger charge is -2.39. The van der Waals surface area contributed by atoms with Gasteiger partial charge in [-0.1, -0.05) is 6.42 Å². The number of fused-ring (bicyclic) bond motifs is 1. The molecule has 1 aromatic rings. The van der Waals surface area contributed by atoms with Gasteiger partial charge in [-0.3, -0.25) is 0 Å². The molecule has 1 saturated heterocycles. The summed E-state index contributed by atoms with van der Waals surface area (Å²) in [7, 11) is 0. The molecule has 1 spiro atoms. The van der Waals surface area contributed by atoms with Gasteiger partial charge in [-0.2, -0.15) is 0 Å². The van der Waals surface area contributed by atoms with Crippen LogP contribution in [0.15, 0.2) is 6.20 Å². The molecular formula is C19H30N4O2. The zero-order valence-corrected chi connectivity index (χ0v) is 15.2. The highest BCUT2D eigenvalue weighted by Crippen LogP contribution is 2.45. The van der Waals surface area contributed by atoms with E-state index in [-0.39, 0.29) is 11.4 Å². The minimum atomic E-state index is -0.0156. The molecular weight excluding hydrogens is 316 g/mol. The number of hydrogen-bond donors (Lipinski definition) is 2. The van der Waals surface area contributed by atoms with Crippen LogP contribution >= 0.6 is 0 Å². The minimum Gasteiger partial charge on any atom is -0.381 e. The van der Waals surface area contributed by atoms with Crippen molar-refractivity contribution in [3.63, 3.8) is 0 Å². The Bertz CT molecular complexity index is 621. The topological polar surface area (TPSA) is 68.2 Å². The van der Waals surface area contributed by atoms with Gasteiger partial charge < -0.3 is 19.9 Å². The number of ether oxygens (including phenoxy) is 1. The first-order chi connectivity index (χ1) is 12.2. The van der Waals surface area contributed by atoms with Crippen LogP contribution in [-0.2, 0) is 11.3 Å². The minimum absolute atomic E-state index is 0.0156. The number of hydrogen-bond acceptors (Lipinski definition) is 3. The monoisotopic (exact) mass is 346 g/mol. The van der Waals surface area contributed by atoms with Crippen molar-refractivity contribution < 1.29 is 9.53 Å². The van der Waals surface area contributed by atoms with Gasteiger partial charge in [-0.25, -0.2) is 9.78 Å². The van der Waals surface area contributed by atoms with E-state index in [0.29, 0.717) is 18.5 Å². The standard InChI is InChI=1S/C19H30N4O2/c1-14-13-23-9-3-4-15(17(23)21-14)12-20-18(24)22-16-5-2-6-19(16)7-10-25-11-8-19/h13,15-16H,2-12H2,1H3,(H2,20,22,24)/t15-,16-/m0/s1. The molecule has 2 aliphatic heterocycles. The van der Waals surface area contributed by atoms with Gasteiger partial charge in [-0.05, 0) is 50.9 Å². The van der Waals surface area contributed by atoms with Crippen molar-refractivity contribution in [3.05, 3.63) is 17.7 Å². The first-order valence-corrected chi connectivity index (χ1v) is 9.82. The molecule has 6 heteroatoms. The molecule has 4 rings (SSSR count). The van der Waals surface area contributed by atoms with E-state index in [2.05, 4.69) is 26.4 Å². The van der Waals surface area contributed by atoms with E-state index in [1.54, 1.807) is 0 Å². The Hall–Kier alpha value is -1.56. The van der Waals surface area contributed by atoms with Gasteiger partial charge in [0.05, 0.1) is 5.69 Å². The number of nitrogens with one attached hydrogen (secondary N) is 2. The van der Waals surface area contributed by atoms with E-state index in [0.717, 1.165) is 63.4 Å². The summed E-state index contributed by atoms with van der Waals surface area (Å²) in [6.45, 7) is 5.43. The highest BCUT2D eigenvalue weighted by molar-refractivity contribution is 5.74. The lowest BCUT2D eigenvalue weighted by molar-refractivity contribution is 0.00623. The Morgan fingerprint density at radius 1 is 1.32 bits per heavy atom. The molecule has 138 valence electrons. The molecule has 0 bridgehead atoms. The van der Waals surface area contributed by atoms with Crippen molar-refractivity contribution in [2.24, 2.45) is 5.41 Å². The molecule has 1 saturated carbocycles. The number of aromatic nitrogens is 2. The lowest BCUT2D eigenvalue weighted by Crippen LogP contribution is -2.50. The van der Waals surface area contributed by atoms with E-state index in [1.807, 2.05) is 6.92 Å². The molecule has 2 N–H and O–H groups in total. The predicted octanol–water partition coefficient (Wildman–Crippen LogP) is 2.72. The molecule has 6 nitrogen and oxygen atoms in total. The van der Waals surface area contributed by atoms with Gasteiger partial charge >= 0.3 is 6.03 Å². The number of carbonyl (C=O) groups excluding carboxylic acids is 1. The second kappa shape index (κ2) is 6.98. The molecule has 2 fully saturated rings. The van der Waals surface area contributed by atoms with Crippen LogP contribution in [0.2, 0.25) is 0 Å². The molecule has 0 radical (unpaired) electrons. The summed E-state index contributed by atoms with van der Waals surface area (Å²) in [5.41, 5.74) is 1.34. The van der Waals surface area contributed by atoms with Gasteiger partial charge in [0.2, 0.25) is 0 Å². The van der Waals surface area contributed by atoms with E-state index in [4.69, 9.17) is 4.74 Å². The van der Waals surface area contributed by atoms with Gasteiger partial charge in [0.25, 0.3) is 0 Å². The van der Waals surface area contributed by atoms with Gasteiger partial charge in [0.1, 0.15) is 5.82 Å². The fourth-order valence-corrected chi connectivity index (χ4v) is 5.07. The van der Waals surface area contributed by atoms with Crippen molar-refractivity contribution in [2.75, 3.05) is 19.8 Å². The highest BCUT2D eigenvalue weighted by Gasteiger charge is 2.44. The number of amides is 2. The molecule has 0 aromatic carbocycles. The van der Waals surface area contributed by atoms with Crippen LogP contribution in [0.5, 0.6) is 0 Å². The Labute approximate surface area is 149 Å². The number of urea groups is 1. The van der Waals surface area contributed by atoms with Crippen LogP contribution in [-0.4, -0.2) is 41.4 Å². The van der Waals surface area contributed by atoms with Crippen molar-refractivity contribution in [2.45, 2.75) is 70.4 Å². The highest BCUT2D eigenvalue weighted by atomic mass is 16.5. The van der Waals surface area contributed by atoms with Crippen LogP contribution in [0.1, 0.15) is 62.4 Å². The Balaban J connectivity index is 1.32. The number of aryl methyl sites for hydroxylation is 2. The summed E-state index contributed by atoms with van der Waals surface area (Å²) in [5, 5.41) is 6.39. The number of imidazole rings is 1. The second-order valence-corrected chi connectivity index (χ2v) is 8.05. The van der Waals surface area contributed by atoms with Crippen molar-refractivity contribution in [3.8, 4) is 0 Å². The van der Waals surface area contributed by atoms with Crippen LogP contribution in [0.4, 0.5) is 4.79 Å². The third kappa shape index (κ3) is 3.41. The van der Waals surface area contributed by atoms with Crippen molar-refractivity contribution in [1.82, 2.24) is 20.2 Å². The fraction of sp³-hybridized carbons (Fsp3) is 0.789. The zero-order chi connectivity index (χ0) is 17.3. The quantitative estimate of drug-likeness (QED) is 0.884. The van der Waals surface area contributed by atoms with Crippen molar-refractivity contribution in [1.29, 1.82) is 0 Å². The molecule has 2 amide bonds. The molecule has 25 heavy (non-hydrogen) atoms. The molecule has 1 aromatic heterocycles. The summed E-state index contributed by atoms with van der Waals surface area (Å²) < 4.78 is 7.78. The first kappa shape index (κ1) is 16.9. The second-order valence-electron chi connectivity index (χ2n) is 8.05. The van der Waals surface area contributed by atoms with E-state index in [9.17, 15) is 4.79 Å². The summed E-state index contributed by atoms with van der Waals surface area (Å²) in [6.07, 6.45) is 10.1. The average molecular weight is 346 g/mol. The Kier molecular flexibility index (Phi) is 4.71. The molecule has 3 aliphatic rings. The smallest absolute Gasteiger partial charge is 0.315 e. The predicted molar refractivity (Wildman–Crippen MR) is 95.6 cm³/mol. The number of carbonyl (C=O) groups is 1. The van der Waals surface area contributed by atoms with E-state index >= 15 is 0 Å². The Morgan fingerprint density at radius 3 is 3.00 bits per heavy atom. The summed E-state index contributed by atoms with van der Waals surface area (Å²) in [6, 6.07) is 0.283. The third-order valence-electron chi connectivity index (χ3n) is 6.45. The maximum atomic E-state index is 12.5. The number of nitrogens with zero attached hydrogens (tertiary/aromatic N) is 2. The number of rotatable bonds is 3. The third-order valence-corrected chi connectivity index (χ3v) is 6.45. The van der Waals surface area contributed by atoms with Gasteiger partial charge in [-0.15, -0.1) is 0 Å². The van der Waals surface area contributed by atoms with Crippen LogP contribution < -0.4 is 10.6 Å². The molecule has 1 aliphatic carbocycles. The summed E-state index contributed by atoms with van der Waals surface area (Å²) in [5.74, 6) is 1.46. The van der Waals surface area contributed by atoms with E-state index < -0.39 is 0 Å².